The third-order valence-corrected chi connectivity index (χ3v) is 4.37. The van der Waals surface area contributed by atoms with Gasteiger partial charge in [-0.1, -0.05) is 0 Å². The van der Waals surface area contributed by atoms with Crippen LogP contribution in [0.2, 0.25) is 0 Å². The van der Waals surface area contributed by atoms with E-state index in [0.717, 1.165) is 23.4 Å². The minimum Gasteiger partial charge on any atom is -0.466 e. The van der Waals surface area contributed by atoms with Gasteiger partial charge in [0.05, 0.1) is 31.2 Å². The van der Waals surface area contributed by atoms with Gasteiger partial charge in [-0.3, -0.25) is 9.59 Å². The molecule has 0 radical (unpaired) electrons. The number of aromatic nitrogens is 1. The Bertz CT molecular complexity index is 515. The van der Waals surface area contributed by atoms with Crippen molar-refractivity contribution in [2.24, 2.45) is 5.92 Å². The highest BCUT2D eigenvalue weighted by molar-refractivity contribution is 7.15. The molecular weight excluding hydrogens is 292 g/mol. The zero-order valence-corrected chi connectivity index (χ0v) is 13.1. The summed E-state index contributed by atoms with van der Waals surface area (Å²) in [6.45, 7) is 2.61. The van der Waals surface area contributed by atoms with Crippen molar-refractivity contribution in [3.8, 4) is 0 Å². The molecule has 2 rings (SSSR count). The molecule has 1 atom stereocenters. The number of amides is 1. The van der Waals surface area contributed by atoms with E-state index in [9.17, 15) is 9.59 Å². The number of anilines is 1. The molecule has 1 heterocycles. The predicted octanol–water partition coefficient (Wildman–Crippen LogP) is 1.79. The quantitative estimate of drug-likeness (QED) is 0.810. The second-order valence-corrected chi connectivity index (χ2v) is 5.96. The van der Waals surface area contributed by atoms with E-state index < -0.39 is 0 Å². The number of fused-ring (bicyclic) bond motifs is 1. The monoisotopic (exact) mass is 312 g/mol. The van der Waals surface area contributed by atoms with Gasteiger partial charge in [-0.25, -0.2) is 4.98 Å². The lowest BCUT2D eigenvalue weighted by molar-refractivity contribution is -0.148. The maximum absolute atomic E-state index is 11.8. The van der Waals surface area contributed by atoms with Crippen LogP contribution in [-0.2, 0) is 31.9 Å². The molecule has 116 valence electrons. The third kappa shape index (κ3) is 4.25. The van der Waals surface area contributed by atoms with Gasteiger partial charge in [0.2, 0.25) is 5.91 Å². The lowest BCUT2D eigenvalue weighted by Crippen LogP contribution is -2.24. The standard InChI is InChI=1S/C14H20N2O4S/c1-3-20-13(18)9-4-5-10-11(8-9)21-14(15-10)16-12(17)6-7-19-2/h9H,3-8H2,1-2H3,(H,15,16,17). The van der Waals surface area contributed by atoms with Crippen LogP contribution in [0.15, 0.2) is 0 Å². The maximum atomic E-state index is 11.8. The Hall–Kier alpha value is -1.47. The number of hydrogen-bond donors (Lipinski definition) is 1. The molecule has 1 N–H and O–H groups in total. The fourth-order valence-corrected chi connectivity index (χ4v) is 3.37. The van der Waals surface area contributed by atoms with Crippen LogP contribution in [0.1, 0.15) is 30.3 Å². The van der Waals surface area contributed by atoms with Crippen LogP contribution in [0.5, 0.6) is 0 Å². The molecule has 0 saturated carbocycles. The summed E-state index contributed by atoms with van der Waals surface area (Å²) in [7, 11) is 1.56. The fraction of sp³-hybridized carbons (Fsp3) is 0.643. The lowest BCUT2D eigenvalue weighted by Gasteiger charge is -2.18. The Morgan fingerprint density at radius 1 is 1.48 bits per heavy atom. The van der Waals surface area contributed by atoms with Crippen LogP contribution in [-0.4, -0.2) is 37.2 Å². The van der Waals surface area contributed by atoms with E-state index in [1.54, 1.807) is 7.11 Å². The minimum absolute atomic E-state index is 0.0880. The van der Waals surface area contributed by atoms with E-state index in [4.69, 9.17) is 9.47 Å². The highest BCUT2D eigenvalue weighted by atomic mass is 32.1. The van der Waals surface area contributed by atoms with Crippen molar-refractivity contribution >= 4 is 28.3 Å². The number of thiazole rings is 1. The largest absolute Gasteiger partial charge is 0.466 e. The number of esters is 1. The van der Waals surface area contributed by atoms with E-state index in [0.29, 0.717) is 31.2 Å². The van der Waals surface area contributed by atoms with E-state index in [2.05, 4.69) is 10.3 Å². The molecule has 1 aromatic heterocycles. The molecule has 0 fully saturated rings. The number of carbonyl (C=O) groups is 2. The molecule has 1 amide bonds. The van der Waals surface area contributed by atoms with Gasteiger partial charge in [0.15, 0.2) is 5.13 Å². The molecule has 1 aliphatic carbocycles. The molecule has 1 unspecified atom stereocenters. The Labute approximate surface area is 127 Å². The van der Waals surface area contributed by atoms with Gasteiger partial charge in [-0.2, -0.15) is 0 Å². The topological polar surface area (TPSA) is 77.5 Å². The highest BCUT2D eigenvalue weighted by Crippen LogP contribution is 2.32. The lowest BCUT2D eigenvalue weighted by atomic mass is 9.91. The number of methoxy groups -OCH3 is 1. The van der Waals surface area contributed by atoms with Crippen LogP contribution < -0.4 is 5.32 Å². The summed E-state index contributed by atoms with van der Waals surface area (Å²) in [5, 5.41) is 3.38. The van der Waals surface area contributed by atoms with Gasteiger partial charge < -0.3 is 14.8 Å². The average molecular weight is 312 g/mol. The first-order valence-corrected chi connectivity index (χ1v) is 7.89. The fourth-order valence-electron chi connectivity index (χ4n) is 2.27. The molecule has 1 aromatic rings. The van der Waals surface area contributed by atoms with E-state index in [1.165, 1.54) is 11.3 Å². The molecule has 1 aliphatic rings. The summed E-state index contributed by atoms with van der Waals surface area (Å²) >= 11 is 1.44. The Balaban J connectivity index is 1.96. The van der Waals surface area contributed by atoms with Crippen LogP contribution in [0, 0.1) is 5.92 Å². The normalized spacial score (nSPS) is 17.1. The second-order valence-electron chi connectivity index (χ2n) is 4.87. The van der Waals surface area contributed by atoms with E-state index >= 15 is 0 Å². The van der Waals surface area contributed by atoms with Crippen LogP contribution >= 0.6 is 11.3 Å². The van der Waals surface area contributed by atoms with Gasteiger partial charge >= 0.3 is 5.97 Å². The van der Waals surface area contributed by atoms with Crippen molar-refractivity contribution in [1.29, 1.82) is 0 Å². The number of hydrogen-bond acceptors (Lipinski definition) is 6. The number of ether oxygens (including phenoxy) is 2. The van der Waals surface area contributed by atoms with E-state index in [1.807, 2.05) is 6.92 Å². The van der Waals surface area contributed by atoms with Crippen LogP contribution in [0.25, 0.3) is 0 Å². The molecule has 0 saturated heterocycles. The van der Waals surface area contributed by atoms with Crippen molar-refractivity contribution in [3.05, 3.63) is 10.6 Å². The zero-order chi connectivity index (χ0) is 15.2. The van der Waals surface area contributed by atoms with Crippen molar-refractivity contribution in [3.63, 3.8) is 0 Å². The molecular formula is C14H20N2O4S. The third-order valence-electron chi connectivity index (χ3n) is 3.34. The maximum Gasteiger partial charge on any atom is 0.309 e. The highest BCUT2D eigenvalue weighted by Gasteiger charge is 2.28. The van der Waals surface area contributed by atoms with Gasteiger partial charge in [0, 0.05) is 12.0 Å². The minimum atomic E-state index is -0.137. The number of rotatable bonds is 6. The molecule has 0 bridgehead atoms. The summed E-state index contributed by atoms with van der Waals surface area (Å²) in [5.74, 6) is -0.331. The number of nitrogens with one attached hydrogen (secondary N) is 1. The van der Waals surface area contributed by atoms with Gasteiger partial charge in [0.25, 0.3) is 0 Å². The van der Waals surface area contributed by atoms with Gasteiger partial charge in [-0.15, -0.1) is 11.3 Å². The van der Waals surface area contributed by atoms with Crippen LogP contribution in [0.4, 0.5) is 5.13 Å². The SMILES string of the molecule is CCOC(=O)C1CCc2nc(NC(=O)CCOC)sc2C1. The molecule has 0 aromatic carbocycles. The zero-order valence-electron chi connectivity index (χ0n) is 12.3. The van der Waals surface area contributed by atoms with Gasteiger partial charge in [-0.05, 0) is 26.2 Å². The Kier molecular flexibility index (Phi) is 5.69. The van der Waals surface area contributed by atoms with Crippen molar-refractivity contribution in [2.45, 2.75) is 32.6 Å². The first kappa shape index (κ1) is 15.9. The molecule has 0 aliphatic heterocycles. The van der Waals surface area contributed by atoms with Crippen molar-refractivity contribution in [2.75, 3.05) is 25.6 Å². The number of aryl methyl sites for hydroxylation is 1. The van der Waals surface area contributed by atoms with Crippen LogP contribution in [0.3, 0.4) is 0 Å². The summed E-state index contributed by atoms with van der Waals surface area (Å²) in [4.78, 5) is 28.9. The van der Waals surface area contributed by atoms with Crippen molar-refractivity contribution in [1.82, 2.24) is 4.98 Å². The Morgan fingerprint density at radius 2 is 2.29 bits per heavy atom. The summed E-state index contributed by atoms with van der Waals surface area (Å²) in [6, 6.07) is 0. The smallest absolute Gasteiger partial charge is 0.309 e. The average Bonchev–Trinajstić information content (AvgIpc) is 2.86. The second kappa shape index (κ2) is 7.51. The summed E-state index contributed by atoms with van der Waals surface area (Å²) in [6.07, 6.45) is 2.47. The molecule has 6 nitrogen and oxygen atoms in total. The van der Waals surface area contributed by atoms with Gasteiger partial charge in [0.1, 0.15) is 0 Å². The predicted molar refractivity (Wildman–Crippen MR) is 79.4 cm³/mol. The first-order valence-electron chi connectivity index (χ1n) is 7.08. The summed E-state index contributed by atoms with van der Waals surface area (Å²) in [5.41, 5.74) is 0.989. The molecule has 21 heavy (non-hydrogen) atoms. The molecule has 0 spiro atoms. The van der Waals surface area contributed by atoms with Crippen molar-refractivity contribution < 1.29 is 19.1 Å². The number of nitrogens with zero attached hydrogens (tertiary/aromatic N) is 1. The summed E-state index contributed by atoms with van der Waals surface area (Å²) < 4.78 is 9.94. The molecule has 7 heteroatoms. The Morgan fingerprint density at radius 3 is 3.00 bits per heavy atom. The van der Waals surface area contributed by atoms with E-state index in [-0.39, 0.29) is 17.8 Å². The first-order chi connectivity index (χ1) is 10.1. The number of carbonyl (C=O) groups excluding carboxylic acids is 2.